The van der Waals surface area contributed by atoms with Crippen LogP contribution in [0.25, 0.3) is 0 Å². The van der Waals surface area contributed by atoms with Crippen molar-refractivity contribution in [2.24, 2.45) is 11.8 Å². The van der Waals surface area contributed by atoms with Crippen molar-refractivity contribution in [3.05, 3.63) is 83.4 Å². The van der Waals surface area contributed by atoms with Crippen LogP contribution in [0.2, 0.25) is 25.7 Å². The molecule has 4 atom stereocenters. The Bertz CT molecular complexity index is 1010. The minimum absolute atomic E-state index is 0.0282. The maximum atomic E-state index is 14.0. The molecule has 0 bridgehead atoms. The number of carbonyl (C=O) groups excluding carboxylic acids is 2. The normalized spacial score (nSPS) is 25.5. The van der Waals surface area contributed by atoms with Gasteiger partial charge in [-0.3, -0.25) is 4.79 Å². The number of amides is 2. The van der Waals surface area contributed by atoms with Gasteiger partial charge in [-0.25, -0.2) is 9.69 Å². The molecule has 1 saturated heterocycles. The van der Waals surface area contributed by atoms with E-state index in [-0.39, 0.29) is 36.3 Å². The van der Waals surface area contributed by atoms with Crippen molar-refractivity contribution in [1.82, 2.24) is 4.90 Å². The van der Waals surface area contributed by atoms with Crippen LogP contribution in [0, 0.1) is 11.8 Å². The van der Waals surface area contributed by atoms with Gasteiger partial charge in [-0.1, -0.05) is 98.9 Å². The molecule has 1 fully saturated rings. The molecule has 0 N–H and O–H groups in total. The molecule has 0 aromatic heterocycles. The first-order valence-electron chi connectivity index (χ1n) is 12.0. The highest BCUT2D eigenvalue weighted by Gasteiger charge is 2.46. The third-order valence-electron chi connectivity index (χ3n) is 6.74. The number of cyclic esters (lactones) is 1. The predicted octanol–water partition coefficient (Wildman–Crippen LogP) is 6.28. The van der Waals surface area contributed by atoms with Gasteiger partial charge in [0.2, 0.25) is 5.91 Å². The molecule has 2 aliphatic rings. The molecule has 0 spiro atoms. The number of carbonyl (C=O) groups is 2. The second-order valence-electron chi connectivity index (χ2n) is 10.8. The summed E-state index contributed by atoms with van der Waals surface area (Å²) in [7, 11) is -1.28. The minimum atomic E-state index is -1.28. The van der Waals surface area contributed by atoms with Crippen molar-refractivity contribution in [1.29, 1.82) is 0 Å². The lowest BCUT2D eigenvalue weighted by Crippen LogP contribution is -2.47. The molecule has 1 aliphatic carbocycles. The Morgan fingerprint density at radius 1 is 1.03 bits per heavy atom. The summed E-state index contributed by atoms with van der Waals surface area (Å²) in [5.41, 5.74) is 3.71. The molecule has 4 rings (SSSR count). The highest BCUT2D eigenvalue weighted by Crippen LogP contribution is 2.43. The van der Waals surface area contributed by atoms with Crippen LogP contribution in [0.4, 0.5) is 4.79 Å². The molecule has 2 aromatic rings. The standard InChI is InChI=1S/C28H35NO3Si/c1-20-15-22(19-33(2,3)4)17-25(23-13-9-6-10-14-23)26(20)27(30)29-24(18-32-28(29)31)16-21-11-7-5-8-12-21/h5-14,17,20,24-26H,15-16,18-19H2,1-4H3/t20-,24-,25+,26+/m1/s1. The van der Waals surface area contributed by atoms with Gasteiger partial charge in [0, 0.05) is 14.0 Å². The van der Waals surface area contributed by atoms with Crippen LogP contribution in [-0.4, -0.2) is 37.6 Å². The van der Waals surface area contributed by atoms with E-state index in [0.717, 1.165) is 23.6 Å². The van der Waals surface area contributed by atoms with E-state index in [1.807, 2.05) is 48.5 Å². The molecule has 1 aliphatic heterocycles. The number of benzene rings is 2. The Morgan fingerprint density at radius 2 is 1.67 bits per heavy atom. The second-order valence-corrected chi connectivity index (χ2v) is 16.3. The molecule has 0 saturated carbocycles. The van der Waals surface area contributed by atoms with Crippen LogP contribution in [0.1, 0.15) is 30.4 Å². The molecule has 33 heavy (non-hydrogen) atoms. The van der Waals surface area contributed by atoms with Gasteiger partial charge in [0.05, 0.1) is 12.0 Å². The monoisotopic (exact) mass is 461 g/mol. The summed E-state index contributed by atoms with van der Waals surface area (Å²) in [6.45, 7) is 9.60. The fourth-order valence-electron chi connectivity index (χ4n) is 5.44. The summed E-state index contributed by atoms with van der Waals surface area (Å²) in [6, 6.07) is 21.2. The van der Waals surface area contributed by atoms with Crippen molar-refractivity contribution in [2.75, 3.05) is 6.61 Å². The summed E-state index contributed by atoms with van der Waals surface area (Å²) in [4.78, 5) is 28.2. The van der Waals surface area contributed by atoms with Crippen molar-refractivity contribution in [2.45, 2.75) is 57.4 Å². The third-order valence-corrected chi connectivity index (χ3v) is 8.25. The Morgan fingerprint density at radius 3 is 2.30 bits per heavy atom. The highest BCUT2D eigenvalue weighted by molar-refractivity contribution is 6.76. The maximum Gasteiger partial charge on any atom is 0.416 e. The SMILES string of the molecule is C[C@@H]1CC(C[Si](C)(C)C)=C[C@@H](c2ccccc2)[C@H]1C(=O)N1C(=O)OC[C@H]1Cc1ccccc1. The summed E-state index contributed by atoms with van der Waals surface area (Å²) in [5, 5.41) is 0. The van der Waals surface area contributed by atoms with Gasteiger partial charge in [-0.05, 0) is 35.9 Å². The van der Waals surface area contributed by atoms with Crippen LogP contribution in [0.5, 0.6) is 0 Å². The number of nitrogens with zero attached hydrogens (tertiary/aromatic N) is 1. The Labute approximate surface area is 198 Å². The Kier molecular flexibility index (Phi) is 6.89. The van der Waals surface area contributed by atoms with E-state index in [4.69, 9.17) is 4.74 Å². The largest absolute Gasteiger partial charge is 0.447 e. The average Bonchev–Trinajstić information content (AvgIpc) is 3.13. The zero-order chi connectivity index (χ0) is 23.6. The molecule has 0 radical (unpaired) electrons. The van der Waals surface area contributed by atoms with E-state index < -0.39 is 14.2 Å². The molecule has 0 unspecified atom stereocenters. The number of hydrogen-bond acceptors (Lipinski definition) is 3. The maximum absolute atomic E-state index is 14.0. The van der Waals surface area contributed by atoms with E-state index in [1.165, 1.54) is 10.5 Å². The fourth-order valence-corrected chi connectivity index (χ4v) is 7.06. The van der Waals surface area contributed by atoms with Gasteiger partial charge < -0.3 is 4.74 Å². The van der Waals surface area contributed by atoms with E-state index in [1.54, 1.807) is 0 Å². The summed E-state index contributed by atoms with van der Waals surface area (Å²) in [5.74, 6) is -0.241. The number of allylic oxidation sites excluding steroid dienone is 2. The number of rotatable bonds is 6. The predicted molar refractivity (Wildman–Crippen MR) is 135 cm³/mol. The summed E-state index contributed by atoms with van der Waals surface area (Å²) < 4.78 is 5.38. The molecular formula is C28H35NO3Si. The third kappa shape index (κ3) is 5.47. The number of ether oxygens (including phenoxy) is 1. The first-order valence-corrected chi connectivity index (χ1v) is 15.7. The van der Waals surface area contributed by atoms with Gasteiger partial charge in [-0.15, -0.1) is 0 Å². The Hall–Kier alpha value is -2.66. The zero-order valence-corrected chi connectivity index (χ0v) is 21.2. The quantitative estimate of drug-likeness (QED) is 0.376. The summed E-state index contributed by atoms with van der Waals surface area (Å²) >= 11 is 0. The van der Waals surface area contributed by atoms with E-state index in [2.05, 4.69) is 44.8 Å². The van der Waals surface area contributed by atoms with Gasteiger partial charge in [0.15, 0.2) is 0 Å². The Balaban J connectivity index is 1.65. The first kappa shape index (κ1) is 23.5. The smallest absolute Gasteiger partial charge is 0.416 e. The van der Waals surface area contributed by atoms with Gasteiger partial charge in [0.1, 0.15) is 6.61 Å². The number of hydrogen-bond donors (Lipinski definition) is 0. The van der Waals surface area contributed by atoms with Crippen molar-refractivity contribution < 1.29 is 14.3 Å². The fraction of sp³-hybridized carbons (Fsp3) is 0.429. The van der Waals surface area contributed by atoms with E-state index in [0.29, 0.717) is 6.42 Å². The minimum Gasteiger partial charge on any atom is -0.447 e. The lowest BCUT2D eigenvalue weighted by atomic mass is 9.70. The van der Waals surface area contributed by atoms with Crippen LogP contribution in [-0.2, 0) is 16.0 Å². The lowest BCUT2D eigenvalue weighted by Gasteiger charge is -2.38. The van der Waals surface area contributed by atoms with Crippen molar-refractivity contribution in [3.8, 4) is 0 Å². The van der Waals surface area contributed by atoms with E-state index >= 15 is 0 Å². The van der Waals surface area contributed by atoms with Crippen molar-refractivity contribution >= 4 is 20.1 Å². The number of imide groups is 1. The van der Waals surface area contributed by atoms with Crippen LogP contribution in [0.3, 0.4) is 0 Å². The molecule has 4 nitrogen and oxygen atoms in total. The molecule has 1 heterocycles. The first-order chi connectivity index (χ1) is 15.7. The molecular weight excluding hydrogens is 426 g/mol. The highest BCUT2D eigenvalue weighted by atomic mass is 28.3. The van der Waals surface area contributed by atoms with Crippen LogP contribution in [0.15, 0.2) is 72.3 Å². The van der Waals surface area contributed by atoms with E-state index in [9.17, 15) is 9.59 Å². The van der Waals surface area contributed by atoms with Gasteiger partial charge in [0.25, 0.3) is 0 Å². The molecule has 2 aromatic carbocycles. The second kappa shape index (κ2) is 9.68. The lowest BCUT2D eigenvalue weighted by molar-refractivity contribution is -0.135. The zero-order valence-electron chi connectivity index (χ0n) is 20.2. The van der Waals surface area contributed by atoms with Crippen molar-refractivity contribution in [3.63, 3.8) is 0 Å². The topological polar surface area (TPSA) is 46.6 Å². The summed E-state index contributed by atoms with van der Waals surface area (Å²) in [6.07, 6.45) is 3.36. The van der Waals surface area contributed by atoms with Crippen LogP contribution < -0.4 is 0 Å². The van der Waals surface area contributed by atoms with Crippen LogP contribution >= 0.6 is 0 Å². The van der Waals surface area contributed by atoms with Gasteiger partial charge >= 0.3 is 6.09 Å². The average molecular weight is 462 g/mol. The van der Waals surface area contributed by atoms with Gasteiger partial charge in [-0.2, -0.15) is 0 Å². The molecule has 5 heteroatoms. The molecule has 174 valence electrons. The molecule has 2 amide bonds.